The van der Waals surface area contributed by atoms with Crippen molar-refractivity contribution < 1.29 is 14.4 Å². The van der Waals surface area contributed by atoms with Crippen LogP contribution in [0.25, 0.3) is 0 Å². The fourth-order valence-corrected chi connectivity index (χ4v) is 1.44. The van der Waals surface area contributed by atoms with Crippen LogP contribution in [-0.2, 0) is 20.9 Å². The van der Waals surface area contributed by atoms with Crippen LogP contribution in [0, 0.1) is 0 Å². The number of rotatable bonds is 4. The lowest BCUT2D eigenvalue weighted by atomic mass is 10.2. The molecule has 1 aliphatic rings. The first-order chi connectivity index (χ1) is 9.15. The number of carbonyl (C=O) groups excluding carboxylic acids is 3. The molecule has 1 aromatic rings. The molecule has 0 aliphatic carbocycles. The fourth-order valence-electron chi connectivity index (χ4n) is 1.44. The molecule has 19 heavy (non-hydrogen) atoms. The minimum absolute atomic E-state index is 0.00450. The van der Waals surface area contributed by atoms with Gasteiger partial charge < -0.3 is 5.32 Å². The molecule has 7 nitrogen and oxygen atoms in total. The molecule has 3 amide bonds. The average Bonchev–Trinajstić information content (AvgIpc) is 2.74. The van der Waals surface area contributed by atoms with Crippen LogP contribution in [0.1, 0.15) is 5.56 Å². The molecule has 0 aromatic heterocycles. The molecule has 0 saturated carbocycles. The number of guanidine groups is 1. The van der Waals surface area contributed by atoms with E-state index in [1.165, 1.54) is 0 Å². The third kappa shape index (κ3) is 3.63. The van der Waals surface area contributed by atoms with E-state index in [4.69, 9.17) is 0 Å². The van der Waals surface area contributed by atoms with Gasteiger partial charge in [-0.2, -0.15) is 0 Å². The van der Waals surface area contributed by atoms with Gasteiger partial charge in [0.25, 0.3) is 0 Å². The molecule has 0 spiro atoms. The average molecular weight is 260 g/mol. The highest BCUT2D eigenvalue weighted by Gasteiger charge is 2.24. The molecular formula is C12H12N4O3. The van der Waals surface area contributed by atoms with Gasteiger partial charge >= 0.3 is 11.8 Å². The monoisotopic (exact) mass is 260 g/mol. The first kappa shape index (κ1) is 12.7. The summed E-state index contributed by atoms with van der Waals surface area (Å²) in [4.78, 5) is 36.9. The summed E-state index contributed by atoms with van der Waals surface area (Å²) in [5.74, 6) is -1.84. The van der Waals surface area contributed by atoms with E-state index in [2.05, 4.69) is 20.9 Å². The molecule has 1 aromatic carbocycles. The molecular weight excluding hydrogens is 248 g/mol. The summed E-state index contributed by atoms with van der Waals surface area (Å²) in [5.41, 5.74) is 0.978. The number of hydrogen-bond donors (Lipinski definition) is 3. The Morgan fingerprint density at radius 1 is 1.11 bits per heavy atom. The Kier molecular flexibility index (Phi) is 3.87. The lowest BCUT2D eigenvalue weighted by Gasteiger charge is -2.03. The predicted octanol–water partition coefficient (Wildman–Crippen LogP) is -1.10. The zero-order valence-electron chi connectivity index (χ0n) is 9.97. The van der Waals surface area contributed by atoms with Crippen LogP contribution in [0.3, 0.4) is 0 Å². The summed E-state index contributed by atoms with van der Waals surface area (Å²) in [7, 11) is 0. The van der Waals surface area contributed by atoms with Gasteiger partial charge in [0, 0.05) is 6.54 Å². The maximum atomic E-state index is 11.5. The smallest absolute Gasteiger partial charge is 0.316 e. The van der Waals surface area contributed by atoms with E-state index >= 15 is 0 Å². The Balaban J connectivity index is 1.78. The predicted molar refractivity (Wildman–Crippen MR) is 66.9 cm³/mol. The first-order valence-corrected chi connectivity index (χ1v) is 5.62. The maximum Gasteiger partial charge on any atom is 0.316 e. The normalized spacial score (nSPS) is 13.8. The minimum atomic E-state index is -0.775. The summed E-state index contributed by atoms with van der Waals surface area (Å²) in [6, 6.07) is 9.44. The Hall–Kier alpha value is -2.70. The van der Waals surface area contributed by atoms with Crippen molar-refractivity contribution in [2.75, 3.05) is 6.54 Å². The molecule has 3 N–H and O–H groups in total. The zero-order chi connectivity index (χ0) is 13.7. The van der Waals surface area contributed by atoms with Gasteiger partial charge in [0.05, 0.1) is 0 Å². The highest BCUT2D eigenvalue weighted by molar-refractivity contribution is 6.45. The van der Waals surface area contributed by atoms with E-state index in [0.717, 1.165) is 5.56 Å². The van der Waals surface area contributed by atoms with Crippen molar-refractivity contribution in [3.8, 4) is 0 Å². The summed E-state index contributed by atoms with van der Waals surface area (Å²) in [6.45, 7) is 0.242. The van der Waals surface area contributed by atoms with E-state index in [1.807, 2.05) is 30.3 Å². The van der Waals surface area contributed by atoms with Crippen molar-refractivity contribution in [2.24, 2.45) is 4.99 Å². The first-order valence-electron chi connectivity index (χ1n) is 5.62. The summed E-state index contributed by atoms with van der Waals surface area (Å²) >= 11 is 0. The van der Waals surface area contributed by atoms with E-state index in [9.17, 15) is 14.4 Å². The minimum Gasteiger partial charge on any atom is -0.350 e. The van der Waals surface area contributed by atoms with Crippen LogP contribution in [0.15, 0.2) is 35.3 Å². The Morgan fingerprint density at radius 2 is 1.74 bits per heavy atom. The van der Waals surface area contributed by atoms with Gasteiger partial charge in [-0.25, -0.2) is 4.99 Å². The van der Waals surface area contributed by atoms with Crippen molar-refractivity contribution in [3.05, 3.63) is 35.9 Å². The number of hydrogen-bond acceptors (Lipinski definition) is 4. The Bertz CT molecular complexity index is 521. The molecule has 1 aliphatic heterocycles. The van der Waals surface area contributed by atoms with E-state index < -0.39 is 11.8 Å². The van der Waals surface area contributed by atoms with Crippen LogP contribution in [0.2, 0.25) is 0 Å². The summed E-state index contributed by atoms with van der Waals surface area (Å²) in [6.07, 6.45) is 0. The highest BCUT2D eigenvalue weighted by Crippen LogP contribution is 1.96. The SMILES string of the molecule is O=C(CN=C1NC(=O)C(=O)N1)NCc1ccccc1. The largest absolute Gasteiger partial charge is 0.350 e. The number of aliphatic imine (C=N–C) groups is 1. The van der Waals surface area contributed by atoms with Gasteiger partial charge in [0.2, 0.25) is 11.9 Å². The van der Waals surface area contributed by atoms with Gasteiger partial charge in [-0.15, -0.1) is 0 Å². The second-order valence-electron chi connectivity index (χ2n) is 3.84. The third-order valence-electron chi connectivity index (χ3n) is 2.38. The van der Waals surface area contributed by atoms with Crippen LogP contribution >= 0.6 is 0 Å². The third-order valence-corrected chi connectivity index (χ3v) is 2.38. The lowest BCUT2D eigenvalue weighted by molar-refractivity contribution is -0.135. The van der Waals surface area contributed by atoms with Gasteiger partial charge in [0.1, 0.15) is 6.54 Å². The number of nitrogens with one attached hydrogen (secondary N) is 3. The quantitative estimate of drug-likeness (QED) is 0.599. The van der Waals surface area contributed by atoms with Gasteiger partial charge in [0.15, 0.2) is 0 Å². The van der Waals surface area contributed by atoms with Crippen molar-refractivity contribution in [1.82, 2.24) is 16.0 Å². The summed E-state index contributed by atoms with van der Waals surface area (Å²) < 4.78 is 0. The van der Waals surface area contributed by atoms with E-state index in [1.54, 1.807) is 0 Å². The van der Waals surface area contributed by atoms with Crippen molar-refractivity contribution >= 4 is 23.7 Å². The molecule has 1 fully saturated rings. The lowest BCUT2D eigenvalue weighted by Crippen LogP contribution is -2.30. The molecule has 7 heteroatoms. The molecule has 0 bridgehead atoms. The topological polar surface area (TPSA) is 99.7 Å². The van der Waals surface area contributed by atoms with Crippen LogP contribution in [-0.4, -0.2) is 30.2 Å². The summed E-state index contributed by atoms with van der Waals surface area (Å²) in [5, 5.41) is 7.08. The van der Waals surface area contributed by atoms with Crippen LogP contribution < -0.4 is 16.0 Å². The molecule has 1 heterocycles. The zero-order valence-corrected chi connectivity index (χ0v) is 9.97. The Labute approximate surface area is 109 Å². The number of amides is 3. The maximum absolute atomic E-state index is 11.5. The standard InChI is InChI=1S/C12H12N4O3/c17-9(13-6-8-4-2-1-3-5-8)7-14-12-15-10(18)11(19)16-12/h1-5H,6-7H2,(H,13,17)(H2,14,15,16,18,19). The van der Waals surface area contributed by atoms with Crippen LogP contribution in [0.5, 0.6) is 0 Å². The van der Waals surface area contributed by atoms with Crippen molar-refractivity contribution in [2.45, 2.75) is 6.54 Å². The molecule has 2 rings (SSSR count). The van der Waals surface area contributed by atoms with Gasteiger partial charge in [-0.3, -0.25) is 25.0 Å². The number of carbonyl (C=O) groups is 3. The molecule has 0 radical (unpaired) electrons. The highest BCUT2D eigenvalue weighted by atomic mass is 16.2. The van der Waals surface area contributed by atoms with Gasteiger partial charge in [-0.1, -0.05) is 30.3 Å². The fraction of sp³-hybridized carbons (Fsp3) is 0.167. The van der Waals surface area contributed by atoms with Crippen molar-refractivity contribution in [3.63, 3.8) is 0 Å². The molecule has 98 valence electrons. The molecule has 0 unspecified atom stereocenters. The Morgan fingerprint density at radius 3 is 2.37 bits per heavy atom. The molecule has 0 atom stereocenters. The second kappa shape index (κ2) is 5.76. The van der Waals surface area contributed by atoms with E-state index in [0.29, 0.717) is 6.54 Å². The van der Waals surface area contributed by atoms with E-state index in [-0.39, 0.29) is 18.4 Å². The number of benzene rings is 1. The van der Waals surface area contributed by atoms with Crippen LogP contribution in [0.4, 0.5) is 0 Å². The van der Waals surface area contributed by atoms with Crippen molar-refractivity contribution in [1.29, 1.82) is 0 Å². The van der Waals surface area contributed by atoms with Gasteiger partial charge in [-0.05, 0) is 5.56 Å². The molecule has 1 saturated heterocycles. The number of nitrogens with zero attached hydrogens (tertiary/aromatic N) is 1. The second-order valence-corrected chi connectivity index (χ2v) is 3.84.